The van der Waals surface area contributed by atoms with Crippen molar-refractivity contribution in [3.63, 3.8) is 0 Å². The van der Waals surface area contributed by atoms with Crippen LogP contribution in [0.3, 0.4) is 0 Å². The maximum absolute atomic E-state index is 12.8. The van der Waals surface area contributed by atoms with Gasteiger partial charge in [0.15, 0.2) is 5.69 Å². The van der Waals surface area contributed by atoms with E-state index < -0.39 is 22.7 Å². The summed E-state index contributed by atoms with van der Waals surface area (Å²) in [6.45, 7) is 3.71. The fourth-order valence-electron chi connectivity index (χ4n) is 1.66. The van der Waals surface area contributed by atoms with Gasteiger partial charge in [-0.3, -0.25) is 0 Å². The van der Waals surface area contributed by atoms with Gasteiger partial charge in [-0.1, -0.05) is 12.1 Å². The van der Waals surface area contributed by atoms with Crippen molar-refractivity contribution in [3.05, 3.63) is 39.9 Å². The Labute approximate surface area is 116 Å². The number of carboxylic acid groups (broad SMARTS) is 1. The molecule has 0 aliphatic rings. The van der Waals surface area contributed by atoms with Crippen LogP contribution in [0.1, 0.15) is 26.5 Å². The van der Waals surface area contributed by atoms with E-state index in [9.17, 15) is 18.0 Å². The number of nitrogens with zero attached hydrogens (tertiary/aromatic N) is 1. The molecular weight excluding hydrogens is 291 g/mol. The van der Waals surface area contributed by atoms with Crippen molar-refractivity contribution in [3.8, 4) is 10.6 Å². The van der Waals surface area contributed by atoms with Gasteiger partial charge in [0, 0.05) is 5.56 Å². The third-order valence-electron chi connectivity index (χ3n) is 2.84. The zero-order valence-corrected chi connectivity index (χ0v) is 11.4. The number of rotatable bonds is 2. The Balaban J connectivity index is 2.58. The maximum atomic E-state index is 12.8. The first-order valence-electron chi connectivity index (χ1n) is 5.59. The number of hydrogen-bond acceptors (Lipinski definition) is 3. The van der Waals surface area contributed by atoms with Crippen molar-refractivity contribution in [1.29, 1.82) is 0 Å². The Morgan fingerprint density at radius 1 is 1.25 bits per heavy atom. The molecule has 2 aromatic rings. The summed E-state index contributed by atoms with van der Waals surface area (Å²) in [4.78, 5) is 13.6. The fraction of sp³-hybridized carbons (Fsp3) is 0.231. The van der Waals surface area contributed by atoms with Crippen molar-refractivity contribution in [2.75, 3.05) is 0 Å². The van der Waals surface area contributed by atoms with Crippen molar-refractivity contribution in [2.45, 2.75) is 20.0 Å². The second-order valence-electron chi connectivity index (χ2n) is 4.30. The Hall–Kier alpha value is -1.89. The molecule has 0 aliphatic carbocycles. The molecule has 7 heteroatoms. The molecular formula is C13H10F3NO2S. The highest BCUT2D eigenvalue weighted by atomic mass is 32.1. The Kier molecular flexibility index (Phi) is 3.56. The molecule has 0 spiro atoms. The zero-order valence-electron chi connectivity index (χ0n) is 10.6. The number of aromatic nitrogens is 1. The predicted molar refractivity (Wildman–Crippen MR) is 69.0 cm³/mol. The third kappa shape index (κ3) is 2.67. The van der Waals surface area contributed by atoms with Crippen molar-refractivity contribution in [2.24, 2.45) is 0 Å². The van der Waals surface area contributed by atoms with Crippen LogP contribution in [0.25, 0.3) is 10.6 Å². The van der Waals surface area contributed by atoms with E-state index >= 15 is 0 Å². The van der Waals surface area contributed by atoms with Crippen LogP contribution in [-0.4, -0.2) is 16.1 Å². The van der Waals surface area contributed by atoms with Gasteiger partial charge in [0.25, 0.3) is 0 Å². The van der Waals surface area contributed by atoms with Crippen LogP contribution >= 0.6 is 11.3 Å². The molecule has 0 aliphatic heterocycles. The number of alkyl halides is 3. The van der Waals surface area contributed by atoms with Crippen LogP contribution in [0.5, 0.6) is 0 Å². The molecule has 0 saturated carbocycles. The van der Waals surface area contributed by atoms with E-state index in [1.807, 2.05) is 13.8 Å². The van der Waals surface area contributed by atoms with Crippen LogP contribution < -0.4 is 0 Å². The molecule has 0 radical (unpaired) electrons. The monoisotopic (exact) mass is 301 g/mol. The van der Waals surface area contributed by atoms with Crippen molar-refractivity contribution >= 4 is 17.3 Å². The number of halogens is 3. The van der Waals surface area contributed by atoms with Crippen LogP contribution in [0.15, 0.2) is 18.2 Å². The van der Waals surface area contributed by atoms with Gasteiger partial charge < -0.3 is 5.11 Å². The molecule has 0 bridgehead atoms. The van der Waals surface area contributed by atoms with Crippen molar-refractivity contribution in [1.82, 2.24) is 4.98 Å². The van der Waals surface area contributed by atoms with E-state index in [1.54, 1.807) is 18.2 Å². The molecule has 0 saturated heterocycles. The highest BCUT2D eigenvalue weighted by Gasteiger charge is 2.39. The zero-order chi connectivity index (χ0) is 15.1. The molecule has 1 N–H and O–H groups in total. The molecule has 2 rings (SSSR count). The molecule has 0 atom stereocenters. The first-order chi connectivity index (χ1) is 9.20. The lowest BCUT2D eigenvalue weighted by atomic mass is 10.1. The van der Waals surface area contributed by atoms with Gasteiger partial charge in [-0.2, -0.15) is 13.2 Å². The number of aryl methyl sites for hydroxylation is 2. The van der Waals surface area contributed by atoms with E-state index in [-0.39, 0.29) is 5.01 Å². The van der Waals surface area contributed by atoms with E-state index in [0.717, 1.165) is 11.1 Å². The summed E-state index contributed by atoms with van der Waals surface area (Å²) < 4.78 is 38.3. The van der Waals surface area contributed by atoms with Crippen LogP contribution in [0.4, 0.5) is 13.2 Å². The first-order valence-corrected chi connectivity index (χ1v) is 6.40. The minimum Gasteiger partial charge on any atom is -0.477 e. The second kappa shape index (κ2) is 4.90. The molecule has 0 fully saturated rings. The van der Waals surface area contributed by atoms with Gasteiger partial charge in [0.2, 0.25) is 0 Å². The summed E-state index contributed by atoms with van der Waals surface area (Å²) in [5.74, 6) is -1.62. The van der Waals surface area contributed by atoms with E-state index in [0.29, 0.717) is 16.9 Å². The molecule has 1 heterocycles. The molecule has 1 aromatic heterocycles. The molecule has 0 amide bonds. The smallest absolute Gasteiger partial charge is 0.435 e. The van der Waals surface area contributed by atoms with Crippen LogP contribution in [0, 0.1) is 13.8 Å². The standard InChI is InChI=1S/C13H10F3NO2S/c1-6-3-4-8(5-7(6)2)11-17-10(13(14,15)16)9(20-11)12(18)19/h3-5H,1-2H3,(H,18,19). The number of aromatic carboxylic acids is 1. The van der Waals surface area contributed by atoms with Gasteiger partial charge in [-0.25, -0.2) is 9.78 Å². The molecule has 106 valence electrons. The minimum atomic E-state index is -4.78. The predicted octanol–water partition coefficient (Wildman–Crippen LogP) is 4.14. The largest absolute Gasteiger partial charge is 0.477 e. The highest BCUT2D eigenvalue weighted by molar-refractivity contribution is 7.17. The number of benzene rings is 1. The summed E-state index contributed by atoms with van der Waals surface area (Å²) in [6.07, 6.45) is -4.78. The molecule has 0 unspecified atom stereocenters. The van der Waals surface area contributed by atoms with Gasteiger partial charge in [0.05, 0.1) is 0 Å². The van der Waals surface area contributed by atoms with E-state index in [1.165, 1.54) is 0 Å². The lowest BCUT2D eigenvalue weighted by Gasteiger charge is -2.03. The summed E-state index contributed by atoms with van der Waals surface area (Å²) >= 11 is 0.531. The number of thiazole rings is 1. The van der Waals surface area contributed by atoms with Crippen LogP contribution in [-0.2, 0) is 6.18 Å². The topological polar surface area (TPSA) is 50.2 Å². The minimum absolute atomic E-state index is 0.0535. The summed E-state index contributed by atoms with van der Waals surface area (Å²) in [5.41, 5.74) is 1.04. The SMILES string of the molecule is Cc1ccc(-c2nc(C(F)(F)F)c(C(=O)O)s2)cc1C. The normalized spacial score (nSPS) is 11.7. The average molecular weight is 301 g/mol. The first kappa shape index (κ1) is 14.5. The summed E-state index contributed by atoms with van der Waals surface area (Å²) in [7, 11) is 0. The Morgan fingerprint density at radius 2 is 1.90 bits per heavy atom. The lowest BCUT2D eigenvalue weighted by molar-refractivity contribution is -0.141. The molecule has 3 nitrogen and oxygen atoms in total. The van der Waals surface area contributed by atoms with Gasteiger partial charge >= 0.3 is 12.1 Å². The van der Waals surface area contributed by atoms with Gasteiger partial charge in [-0.15, -0.1) is 11.3 Å². The molecule has 1 aromatic carbocycles. The van der Waals surface area contributed by atoms with Gasteiger partial charge in [-0.05, 0) is 31.0 Å². The quantitative estimate of drug-likeness (QED) is 0.906. The third-order valence-corrected chi connectivity index (χ3v) is 3.94. The lowest BCUT2D eigenvalue weighted by Crippen LogP contribution is -2.11. The van der Waals surface area contributed by atoms with Gasteiger partial charge in [0.1, 0.15) is 9.88 Å². The van der Waals surface area contributed by atoms with E-state index in [2.05, 4.69) is 4.98 Å². The van der Waals surface area contributed by atoms with E-state index in [4.69, 9.17) is 5.11 Å². The number of carboxylic acids is 1. The Morgan fingerprint density at radius 3 is 2.35 bits per heavy atom. The highest BCUT2D eigenvalue weighted by Crippen LogP contribution is 2.37. The average Bonchev–Trinajstić information content (AvgIpc) is 2.77. The number of hydrogen-bond donors (Lipinski definition) is 1. The summed E-state index contributed by atoms with van der Waals surface area (Å²) in [6, 6.07) is 5.09. The summed E-state index contributed by atoms with van der Waals surface area (Å²) in [5, 5.41) is 8.91. The second-order valence-corrected chi connectivity index (χ2v) is 5.30. The van der Waals surface area contributed by atoms with Crippen molar-refractivity contribution < 1.29 is 23.1 Å². The van der Waals surface area contributed by atoms with Crippen LogP contribution in [0.2, 0.25) is 0 Å². The maximum Gasteiger partial charge on any atom is 0.435 e. The fourth-order valence-corrected chi connectivity index (χ4v) is 2.58. The number of carbonyl (C=O) groups is 1. The Bertz CT molecular complexity index is 677. The molecule has 20 heavy (non-hydrogen) atoms.